The van der Waals surface area contributed by atoms with Gasteiger partial charge in [0.05, 0.1) is 17.6 Å². The number of carbonyl (C=O) groups is 1. The molecule has 0 N–H and O–H groups in total. The summed E-state index contributed by atoms with van der Waals surface area (Å²) in [7, 11) is 0. The van der Waals surface area contributed by atoms with Crippen molar-refractivity contribution in [2.75, 3.05) is 18.1 Å². The molecular formula is C27H27N3O2. The average molecular weight is 426 g/mol. The lowest BCUT2D eigenvalue weighted by Gasteiger charge is -2.17. The van der Waals surface area contributed by atoms with E-state index in [9.17, 15) is 4.79 Å². The van der Waals surface area contributed by atoms with Gasteiger partial charge in [0.15, 0.2) is 0 Å². The van der Waals surface area contributed by atoms with Crippen LogP contribution in [0, 0.1) is 13.8 Å². The van der Waals surface area contributed by atoms with Crippen LogP contribution in [-0.2, 0) is 11.3 Å². The Morgan fingerprint density at radius 2 is 1.75 bits per heavy atom. The number of hydrogen-bond acceptors (Lipinski definition) is 3. The molecule has 0 radical (unpaired) electrons. The van der Waals surface area contributed by atoms with E-state index in [1.165, 1.54) is 11.1 Å². The monoisotopic (exact) mass is 425 g/mol. The molecule has 1 aliphatic heterocycles. The van der Waals surface area contributed by atoms with E-state index < -0.39 is 0 Å². The number of fused-ring (bicyclic) bond motifs is 1. The minimum Gasteiger partial charge on any atom is -0.492 e. The van der Waals surface area contributed by atoms with Gasteiger partial charge < -0.3 is 14.2 Å². The Labute approximate surface area is 188 Å². The van der Waals surface area contributed by atoms with Crippen LogP contribution in [0.2, 0.25) is 0 Å². The number of carbonyl (C=O) groups excluding carboxylic acids is 1. The minimum absolute atomic E-state index is 0.0525. The number of para-hydroxylation sites is 3. The van der Waals surface area contributed by atoms with Gasteiger partial charge in [-0.3, -0.25) is 4.79 Å². The first kappa shape index (κ1) is 20.3. The van der Waals surface area contributed by atoms with Crippen LogP contribution in [0.1, 0.15) is 29.3 Å². The predicted molar refractivity (Wildman–Crippen MR) is 127 cm³/mol. The molecule has 5 nitrogen and oxygen atoms in total. The van der Waals surface area contributed by atoms with Crippen LogP contribution < -0.4 is 9.64 Å². The highest BCUT2D eigenvalue weighted by molar-refractivity contribution is 5.96. The fourth-order valence-corrected chi connectivity index (χ4v) is 4.44. The second-order valence-corrected chi connectivity index (χ2v) is 8.45. The lowest BCUT2D eigenvalue weighted by atomic mass is 10.1. The molecule has 0 bridgehead atoms. The number of aromatic nitrogens is 2. The number of aryl methyl sites for hydroxylation is 2. The van der Waals surface area contributed by atoms with E-state index in [4.69, 9.17) is 9.72 Å². The third-order valence-electron chi connectivity index (χ3n) is 6.30. The van der Waals surface area contributed by atoms with Crippen molar-refractivity contribution in [3.05, 3.63) is 89.7 Å². The summed E-state index contributed by atoms with van der Waals surface area (Å²) in [5.41, 5.74) is 5.47. The van der Waals surface area contributed by atoms with Crippen molar-refractivity contribution in [1.82, 2.24) is 9.55 Å². The summed E-state index contributed by atoms with van der Waals surface area (Å²) in [6.07, 6.45) is 0.468. The molecule has 3 aromatic carbocycles. The van der Waals surface area contributed by atoms with Crippen LogP contribution in [0.4, 0.5) is 5.69 Å². The van der Waals surface area contributed by atoms with Gasteiger partial charge in [0.1, 0.15) is 18.2 Å². The summed E-state index contributed by atoms with van der Waals surface area (Å²) in [6.45, 7) is 6.06. The normalized spacial score (nSPS) is 16.1. The van der Waals surface area contributed by atoms with Crippen molar-refractivity contribution >= 4 is 22.6 Å². The standard InChI is InChI=1S/C27H27N3O2/c1-19-12-13-23(16-20(19)2)32-15-14-29-25-11-7-6-10-24(25)28-27(29)21-17-26(31)30(18-21)22-8-4-3-5-9-22/h3-13,16,21H,14-15,17-18H2,1-2H3. The summed E-state index contributed by atoms with van der Waals surface area (Å²) < 4.78 is 8.29. The van der Waals surface area contributed by atoms with Gasteiger partial charge in [-0.25, -0.2) is 4.98 Å². The highest BCUT2D eigenvalue weighted by Gasteiger charge is 2.34. The van der Waals surface area contributed by atoms with E-state index in [1.54, 1.807) is 0 Å². The zero-order valence-electron chi connectivity index (χ0n) is 18.5. The Morgan fingerprint density at radius 3 is 2.56 bits per heavy atom. The summed E-state index contributed by atoms with van der Waals surface area (Å²) in [6, 6.07) is 24.2. The number of anilines is 1. The topological polar surface area (TPSA) is 47.4 Å². The molecule has 4 aromatic rings. The number of rotatable bonds is 6. The van der Waals surface area contributed by atoms with Crippen LogP contribution in [0.15, 0.2) is 72.8 Å². The SMILES string of the molecule is Cc1ccc(OCCn2c(C3CC(=O)N(c4ccccc4)C3)nc3ccccc32)cc1C. The summed E-state index contributed by atoms with van der Waals surface area (Å²) in [5, 5.41) is 0. The van der Waals surface area contributed by atoms with Crippen LogP contribution in [0.5, 0.6) is 5.75 Å². The van der Waals surface area contributed by atoms with Crippen LogP contribution >= 0.6 is 0 Å². The van der Waals surface area contributed by atoms with Gasteiger partial charge in [0.2, 0.25) is 5.91 Å². The maximum absolute atomic E-state index is 12.8. The maximum Gasteiger partial charge on any atom is 0.227 e. The number of hydrogen-bond donors (Lipinski definition) is 0. The van der Waals surface area contributed by atoms with E-state index in [0.29, 0.717) is 26.1 Å². The molecule has 1 aliphatic rings. The van der Waals surface area contributed by atoms with E-state index in [-0.39, 0.29) is 11.8 Å². The summed E-state index contributed by atoms with van der Waals surface area (Å²) in [4.78, 5) is 19.6. The first-order chi connectivity index (χ1) is 15.6. The smallest absolute Gasteiger partial charge is 0.227 e. The highest BCUT2D eigenvalue weighted by Crippen LogP contribution is 2.33. The molecule has 0 spiro atoms. The Bertz CT molecular complexity index is 1260. The minimum atomic E-state index is 0.0525. The fourth-order valence-electron chi connectivity index (χ4n) is 4.44. The molecule has 5 heteroatoms. The van der Waals surface area contributed by atoms with Gasteiger partial charge in [0, 0.05) is 24.6 Å². The van der Waals surface area contributed by atoms with E-state index in [2.05, 4.69) is 36.6 Å². The second kappa shape index (κ2) is 8.50. The predicted octanol–water partition coefficient (Wildman–Crippen LogP) is 5.25. The van der Waals surface area contributed by atoms with Gasteiger partial charge in [0.25, 0.3) is 0 Å². The quantitative estimate of drug-likeness (QED) is 0.424. The van der Waals surface area contributed by atoms with Crippen LogP contribution in [-0.4, -0.2) is 28.6 Å². The van der Waals surface area contributed by atoms with Gasteiger partial charge in [-0.2, -0.15) is 0 Å². The van der Waals surface area contributed by atoms with Gasteiger partial charge in [-0.05, 0) is 61.4 Å². The van der Waals surface area contributed by atoms with Crippen LogP contribution in [0.25, 0.3) is 11.0 Å². The third-order valence-corrected chi connectivity index (χ3v) is 6.30. The summed E-state index contributed by atoms with van der Waals surface area (Å²) in [5.74, 6) is 2.04. The molecule has 1 fully saturated rings. The molecule has 1 unspecified atom stereocenters. The molecule has 0 saturated carbocycles. The molecule has 5 rings (SSSR count). The third kappa shape index (κ3) is 3.86. The van der Waals surface area contributed by atoms with Crippen molar-refractivity contribution in [1.29, 1.82) is 0 Å². The van der Waals surface area contributed by atoms with E-state index >= 15 is 0 Å². The zero-order valence-corrected chi connectivity index (χ0v) is 18.5. The second-order valence-electron chi connectivity index (χ2n) is 8.45. The zero-order chi connectivity index (χ0) is 22.1. The first-order valence-corrected chi connectivity index (χ1v) is 11.1. The van der Waals surface area contributed by atoms with E-state index in [1.807, 2.05) is 59.5 Å². The molecule has 1 aromatic heterocycles. The molecule has 32 heavy (non-hydrogen) atoms. The maximum atomic E-state index is 12.8. The number of amides is 1. The Kier molecular flexibility index (Phi) is 5.39. The molecule has 1 amide bonds. The Hall–Kier alpha value is -3.60. The van der Waals surface area contributed by atoms with Crippen molar-refractivity contribution in [3.8, 4) is 5.75 Å². The molecule has 162 valence electrons. The largest absolute Gasteiger partial charge is 0.492 e. The van der Waals surface area contributed by atoms with E-state index in [0.717, 1.165) is 28.3 Å². The lowest BCUT2D eigenvalue weighted by Crippen LogP contribution is -2.24. The number of benzene rings is 3. The lowest BCUT2D eigenvalue weighted by molar-refractivity contribution is -0.117. The Balaban J connectivity index is 1.39. The van der Waals surface area contributed by atoms with Gasteiger partial charge in [-0.15, -0.1) is 0 Å². The van der Waals surface area contributed by atoms with Crippen molar-refractivity contribution in [3.63, 3.8) is 0 Å². The molecule has 1 atom stereocenters. The number of nitrogens with zero attached hydrogens (tertiary/aromatic N) is 3. The van der Waals surface area contributed by atoms with Crippen LogP contribution in [0.3, 0.4) is 0 Å². The van der Waals surface area contributed by atoms with Gasteiger partial charge in [-0.1, -0.05) is 36.4 Å². The first-order valence-electron chi connectivity index (χ1n) is 11.1. The Morgan fingerprint density at radius 1 is 0.969 bits per heavy atom. The molecule has 1 saturated heterocycles. The molecular weight excluding hydrogens is 398 g/mol. The summed E-state index contributed by atoms with van der Waals surface area (Å²) >= 11 is 0. The highest BCUT2D eigenvalue weighted by atomic mass is 16.5. The number of imidazole rings is 1. The molecule has 2 heterocycles. The molecule has 0 aliphatic carbocycles. The van der Waals surface area contributed by atoms with Crippen molar-refractivity contribution in [2.45, 2.75) is 32.7 Å². The van der Waals surface area contributed by atoms with Crippen molar-refractivity contribution < 1.29 is 9.53 Å². The van der Waals surface area contributed by atoms with Gasteiger partial charge >= 0.3 is 0 Å². The average Bonchev–Trinajstić information content (AvgIpc) is 3.37. The van der Waals surface area contributed by atoms with Crippen molar-refractivity contribution in [2.24, 2.45) is 0 Å². The number of ether oxygens (including phenoxy) is 1. The fraction of sp³-hybridized carbons (Fsp3) is 0.259.